The van der Waals surface area contributed by atoms with Gasteiger partial charge < -0.3 is 46.7 Å². The van der Waals surface area contributed by atoms with Gasteiger partial charge in [-0.05, 0) is 6.92 Å². The Morgan fingerprint density at radius 3 is 2.08 bits per heavy atom. The molecule has 0 bridgehead atoms. The monoisotopic (exact) mass is 533 g/mol. The molecule has 208 valence electrons. The lowest BCUT2D eigenvalue weighted by atomic mass is 10.1. The van der Waals surface area contributed by atoms with E-state index in [1.807, 2.05) is 10.9 Å². The predicted octanol–water partition coefficient (Wildman–Crippen LogP) is -5.45. The third kappa shape index (κ3) is 12.5. The minimum atomic E-state index is -1.65. The minimum Gasteiger partial charge on any atom is -0.481 e. The Kier molecular flexibility index (Phi) is 13.3. The molecule has 10 N–H and O–H groups in total. The van der Waals surface area contributed by atoms with Crippen LogP contribution >= 0.6 is 0 Å². The van der Waals surface area contributed by atoms with E-state index in [4.69, 9.17) is 20.3 Å². The van der Waals surface area contributed by atoms with Crippen LogP contribution in [0.5, 0.6) is 0 Å². The van der Waals surface area contributed by atoms with Crippen molar-refractivity contribution in [3.8, 4) is 0 Å². The first-order valence-electron chi connectivity index (χ1n) is 11.0. The Hall–Kier alpha value is -4.03. The van der Waals surface area contributed by atoms with Crippen LogP contribution in [0.2, 0.25) is 0 Å². The highest BCUT2D eigenvalue weighted by Gasteiger charge is 2.30. The first-order chi connectivity index (χ1) is 17.4. The molecule has 18 heteroatoms. The van der Waals surface area contributed by atoms with Crippen LogP contribution in [-0.4, -0.2) is 109 Å². The van der Waals surface area contributed by atoms with Gasteiger partial charge in [0, 0.05) is 6.54 Å². The molecule has 1 heterocycles. The molecular formula is C19H31N7O11. The highest BCUT2D eigenvalue weighted by atomic mass is 16.5. The second-order valence-electron chi connectivity index (χ2n) is 7.71. The van der Waals surface area contributed by atoms with E-state index >= 15 is 0 Å². The SMILES string of the molecule is CC(O)[C@@H]1NC(=O)N[C@@H](CC(N)=O)C(=O)NNC(=O)[C@H](CC(=O)O)NC(=O)COCCOCCNC1=O. The summed E-state index contributed by atoms with van der Waals surface area (Å²) in [5.41, 5.74) is 8.88. The molecule has 4 atom stereocenters. The van der Waals surface area contributed by atoms with Crippen LogP contribution in [0.25, 0.3) is 0 Å². The lowest BCUT2D eigenvalue weighted by Gasteiger charge is -2.23. The summed E-state index contributed by atoms with van der Waals surface area (Å²) < 4.78 is 10.3. The molecule has 0 aromatic carbocycles. The number of hydrogen-bond donors (Lipinski definition) is 9. The number of aliphatic hydroxyl groups excluding tert-OH is 1. The summed E-state index contributed by atoms with van der Waals surface area (Å²) in [4.78, 5) is 84.1. The van der Waals surface area contributed by atoms with Gasteiger partial charge in [-0.3, -0.25) is 39.6 Å². The van der Waals surface area contributed by atoms with Crippen molar-refractivity contribution >= 4 is 41.5 Å². The highest BCUT2D eigenvalue weighted by molar-refractivity contribution is 5.95. The first-order valence-corrected chi connectivity index (χ1v) is 11.0. The summed E-state index contributed by atoms with van der Waals surface area (Å²) in [6.45, 7) is 0.670. The van der Waals surface area contributed by atoms with Gasteiger partial charge in [-0.1, -0.05) is 0 Å². The molecule has 1 rings (SSSR count). The maximum atomic E-state index is 12.5. The van der Waals surface area contributed by atoms with Crippen LogP contribution in [0.3, 0.4) is 0 Å². The Morgan fingerprint density at radius 2 is 1.51 bits per heavy atom. The number of ether oxygens (including phenoxy) is 2. The second kappa shape index (κ2) is 15.9. The number of rotatable bonds is 5. The summed E-state index contributed by atoms with van der Waals surface area (Å²) in [6, 6.07) is -5.86. The fraction of sp³-hybridized carbons (Fsp3) is 0.632. The molecular weight excluding hydrogens is 502 g/mol. The van der Waals surface area contributed by atoms with Gasteiger partial charge in [-0.25, -0.2) is 4.79 Å². The third-order valence-electron chi connectivity index (χ3n) is 4.57. The number of primary amides is 1. The summed E-state index contributed by atoms with van der Waals surface area (Å²) in [6.07, 6.45) is -2.94. The smallest absolute Gasteiger partial charge is 0.316 e. The lowest BCUT2D eigenvalue weighted by Crippen LogP contribution is -2.60. The predicted molar refractivity (Wildman–Crippen MR) is 120 cm³/mol. The van der Waals surface area contributed by atoms with Gasteiger partial charge in [-0.2, -0.15) is 0 Å². The van der Waals surface area contributed by atoms with Crippen LogP contribution in [0.1, 0.15) is 19.8 Å². The maximum Gasteiger partial charge on any atom is 0.316 e. The van der Waals surface area contributed by atoms with Gasteiger partial charge in [0.25, 0.3) is 11.8 Å². The normalized spacial score (nSPS) is 24.5. The zero-order valence-electron chi connectivity index (χ0n) is 19.9. The van der Waals surface area contributed by atoms with E-state index in [9.17, 15) is 38.7 Å². The Bertz CT molecular complexity index is 867. The lowest BCUT2D eigenvalue weighted by molar-refractivity contribution is -0.141. The number of nitrogens with two attached hydrogens (primary N) is 1. The third-order valence-corrected chi connectivity index (χ3v) is 4.57. The van der Waals surface area contributed by atoms with Crippen LogP contribution in [0.15, 0.2) is 0 Å². The number of amides is 7. The van der Waals surface area contributed by atoms with E-state index in [0.717, 1.165) is 0 Å². The van der Waals surface area contributed by atoms with E-state index in [1.54, 1.807) is 0 Å². The molecule has 1 saturated heterocycles. The molecule has 18 nitrogen and oxygen atoms in total. The van der Waals surface area contributed by atoms with Gasteiger partial charge in [0.1, 0.15) is 24.7 Å². The number of hydrazine groups is 1. The molecule has 7 amide bonds. The number of nitrogens with one attached hydrogen (secondary N) is 6. The molecule has 1 aliphatic heterocycles. The van der Waals surface area contributed by atoms with Gasteiger partial charge in [-0.15, -0.1) is 0 Å². The van der Waals surface area contributed by atoms with Crippen LogP contribution in [-0.2, 0) is 38.2 Å². The summed E-state index contributed by atoms with van der Waals surface area (Å²) in [7, 11) is 0. The average Bonchev–Trinajstić information content (AvgIpc) is 2.80. The summed E-state index contributed by atoms with van der Waals surface area (Å²) in [5, 5.41) is 27.7. The van der Waals surface area contributed by atoms with Crippen LogP contribution in [0.4, 0.5) is 4.79 Å². The van der Waals surface area contributed by atoms with Crippen molar-refractivity contribution in [2.75, 3.05) is 33.0 Å². The zero-order chi connectivity index (χ0) is 28.0. The number of aliphatic hydroxyl groups is 1. The average molecular weight is 533 g/mol. The van der Waals surface area contributed by atoms with Crippen LogP contribution < -0.4 is 37.9 Å². The van der Waals surface area contributed by atoms with E-state index in [1.165, 1.54) is 6.92 Å². The molecule has 0 saturated carbocycles. The van der Waals surface area contributed by atoms with Crippen LogP contribution in [0, 0.1) is 0 Å². The first kappa shape index (κ1) is 31.0. The number of carboxylic acid groups (broad SMARTS) is 1. The molecule has 0 spiro atoms. The molecule has 0 radical (unpaired) electrons. The largest absolute Gasteiger partial charge is 0.481 e. The molecule has 1 aliphatic rings. The quantitative estimate of drug-likeness (QED) is 0.161. The van der Waals surface area contributed by atoms with E-state index < -0.39 is 85.2 Å². The van der Waals surface area contributed by atoms with Gasteiger partial charge in [0.15, 0.2) is 0 Å². The maximum absolute atomic E-state index is 12.5. The van der Waals surface area contributed by atoms with Crippen molar-refractivity contribution < 1.29 is 53.2 Å². The molecule has 1 unspecified atom stereocenters. The number of urea groups is 1. The van der Waals surface area contributed by atoms with Crippen molar-refractivity contribution in [1.29, 1.82) is 0 Å². The second-order valence-corrected chi connectivity index (χ2v) is 7.71. The number of hydrogen-bond acceptors (Lipinski definition) is 10. The number of carbonyl (C=O) groups excluding carboxylic acids is 6. The zero-order valence-corrected chi connectivity index (χ0v) is 19.9. The molecule has 0 aromatic rings. The topological polar surface area (TPSA) is 277 Å². The van der Waals surface area contributed by atoms with Crippen molar-refractivity contribution in [1.82, 2.24) is 32.1 Å². The number of aliphatic carboxylic acids is 1. The van der Waals surface area contributed by atoms with E-state index in [2.05, 4.69) is 21.3 Å². The van der Waals surface area contributed by atoms with Crippen molar-refractivity contribution in [2.24, 2.45) is 5.73 Å². The van der Waals surface area contributed by atoms with E-state index in [-0.39, 0.29) is 26.4 Å². The molecule has 37 heavy (non-hydrogen) atoms. The van der Waals surface area contributed by atoms with Crippen molar-refractivity contribution in [3.63, 3.8) is 0 Å². The fourth-order valence-electron chi connectivity index (χ4n) is 2.82. The van der Waals surface area contributed by atoms with Crippen molar-refractivity contribution in [3.05, 3.63) is 0 Å². The fourth-order valence-corrected chi connectivity index (χ4v) is 2.82. The van der Waals surface area contributed by atoms with Gasteiger partial charge >= 0.3 is 12.0 Å². The Morgan fingerprint density at radius 1 is 0.919 bits per heavy atom. The number of carboxylic acids is 1. The molecule has 0 aliphatic carbocycles. The Balaban J connectivity index is 3.06. The molecule has 0 aromatic heterocycles. The van der Waals surface area contributed by atoms with Gasteiger partial charge in [0.2, 0.25) is 17.7 Å². The summed E-state index contributed by atoms with van der Waals surface area (Å²) >= 11 is 0. The summed E-state index contributed by atoms with van der Waals surface area (Å²) in [5.74, 6) is -6.34. The standard InChI is InChI=1S/C19H31N7O11/c1-9(27)15-18(34)21-2-3-36-4-5-37-8-13(29)22-11(7-14(30)31)17(33)26-25-16(32)10(6-12(20)28)23-19(35)24-15/h9-11,15,27H,2-8H2,1H3,(H2,20,28)(H,21,34)(H,22,29)(H,25,32)(H,26,33)(H,30,31)(H2,23,24,35)/t9?,10-,11-,15-/m0/s1. The highest BCUT2D eigenvalue weighted by Crippen LogP contribution is 1.98. The Labute approximate surface area is 210 Å². The van der Waals surface area contributed by atoms with Gasteiger partial charge in [0.05, 0.1) is 38.8 Å². The number of carbonyl (C=O) groups is 7. The minimum absolute atomic E-state index is 0.0107. The van der Waals surface area contributed by atoms with E-state index in [0.29, 0.717) is 0 Å². The molecule has 1 fully saturated rings. The van der Waals surface area contributed by atoms with Crippen molar-refractivity contribution in [2.45, 2.75) is 44.0 Å².